The first-order valence-corrected chi connectivity index (χ1v) is 6.63. The van der Waals surface area contributed by atoms with Crippen LogP contribution in [0.1, 0.15) is 23.0 Å². The van der Waals surface area contributed by atoms with Crippen molar-refractivity contribution in [3.05, 3.63) is 47.8 Å². The largest absolute Gasteiger partial charge is 0.338 e. The van der Waals surface area contributed by atoms with Crippen molar-refractivity contribution in [2.24, 2.45) is 5.73 Å². The van der Waals surface area contributed by atoms with Gasteiger partial charge in [0, 0.05) is 19.6 Å². The molecular weight excluding hydrogens is 252 g/mol. The molecular formula is C15H20N4O. The molecule has 0 saturated heterocycles. The van der Waals surface area contributed by atoms with E-state index in [-0.39, 0.29) is 11.9 Å². The molecule has 0 radical (unpaired) electrons. The summed E-state index contributed by atoms with van der Waals surface area (Å²) in [6.45, 7) is 4.26. The highest BCUT2D eigenvalue weighted by molar-refractivity contribution is 5.95. The molecule has 1 aromatic heterocycles. The zero-order valence-electron chi connectivity index (χ0n) is 12.1. The van der Waals surface area contributed by atoms with Gasteiger partial charge in [0.25, 0.3) is 5.91 Å². The van der Waals surface area contributed by atoms with Crippen molar-refractivity contribution >= 4 is 5.91 Å². The number of hydrogen-bond donors (Lipinski definition) is 1. The molecule has 5 nitrogen and oxygen atoms in total. The quantitative estimate of drug-likeness (QED) is 0.919. The Morgan fingerprint density at radius 3 is 2.65 bits per heavy atom. The van der Waals surface area contributed by atoms with Crippen molar-refractivity contribution in [1.29, 1.82) is 0 Å². The van der Waals surface area contributed by atoms with E-state index < -0.39 is 0 Å². The number of benzene rings is 1. The Kier molecular flexibility index (Phi) is 4.20. The van der Waals surface area contributed by atoms with Crippen molar-refractivity contribution in [3.8, 4) is 5.69 Å². The topological polar surface area (TPSA) is 64.2 Å². The van der Waals surface area contributed by atoms with Crippen molar-refractivity contribution in [1.82, 2.24) is 14.7 Å². The normalized spacial score (nSPS) is 12.2. The van der Waals surface area contributed by atoms with Gasteiger partial charge in [-0.2, -0.15) is 5.10 Å². The average molecular weight is 272 g/mol. The van der Waals surface area contributed by atoms with Gasteiger partial charge >= 0.3 is 0 Å². The van der Waals surface area contributed by atoms with E-state index in [1.54, 1.807) is 22.8 Å². The molecule has 20 heavy (non-hydrogen) atoms. The maximum absolute atomic E-state index is 12.4. The second kappa shape index (κ2) is 5.88. The van der Waals surface area contributed by atoms with Gasteiger partial charge in [-0.15, -0.1) is 0 Å². The van der Waals surface area contributed by atoms with Crippen LogP contribution in [-0.2, 0) is 0 Å². The Morgan fingerprint density at radius 2 is 2.05 bits per heavy atom. The van der Waals surface area contributed by atoms with Crippen LogP contribution in [0.5, 0.6) is 0 Å². The molecule has 1 heterocycles. The highest BCUT2D eigenvalue weighted by Crippen LogP contribution is 2.16. The number of para-hydroxylation sites is 1. The van der Waals surface area contributed by atoms with Crippen LogP contribution in [0.25, 0.3) is 5.69 Å². The number of carbonyl (C=O) groups is 1. The Morgan fingerprint density at radius 1 is 1.40 bits per heavy atom. The molecule has 1 unspecified atom stereocenters. The third-order valence-corrected chi connectivity index (χ3v) is 3.56. The summed E-state index contributed by atoms with van der Waals surface area (Å²) in [7, 11) is 1.76. The number of nitrogens with zero attached hydrogens (tertiary/aromatic N) is 3. The Bertz CT molecular complexity index is 591. The fourth-order valence-corrected chi connectivity index (χ4v) is 2.00. The van der Waals surface area contributed by atoms with E-state index >= 15 is 0 Å². The van der Waals surface area contributed by atoms with E-state index in [1.807, 2.05) is 44.2 Å². The van der Waals surface area contributed by atoms with E-state index in [0.29, 0.717) is 12.1 Å². The maximum Gasteiger partial charge on any atom is 0.257 e. The second-order valence-electron chi connectivity index (χ2n) is 4.89. The lowest BCUT2D eigenvalue weighted by molar-refractivity contribution is 0.0747. The van der Waals surface area contributed by atoms with Crippen molar-refractivity contribution in [2.45, 2.75) is 19.9 Å². The van der Waals surface area contributed by atoms with Crippen molar-refractivity contribution < 1.29 is 4.79 Å². The van der Waals surface area contributed by atoms with Gasteiger partial charge in [0.05, 0.1) is 23.1 Å². The Labute approximate surface area is 119 Å². The summed E-state index contributed by atoms with van der Waals surface area (Å²) < 4.78 is 1.77. The van der Waals surface area contributed by atoms with Crippen LogP contribution in [0.15, 0.2) is 36.5 Å². The number of amides is 1. The van der Waals surface area contributed by atoms with Crippen LogP contribution in [0, 0.1) is 6.92 Å². The molecule has 1 amide bonds. The summed E-state index contributed by atoms with van der Waals surface area (Å²) in [5.41, 5.74) is 7.99. The van der Waals surface area contributed by atoms with Crippen LogP contribution in [0.2, 0.25) is 0 Å². The highest BCUT2D eigenvalue weighted by atomic mass is 16.2. The fourth-order valence-electron chi connectivity index (χ4n) is 2.00. The molecule has 1 atom stereocenters. The first-order chi connectivity index (χ1) is 9.56. The second-order valence-corrected chi connectivity index (χ2v) is 4.89. The molecule has 5 heteroatoms. The van der Waals surface area contributed by atoms with Crippen LogP contribution in [-0.4, -0.2) is 40.2 Å². The first-order valence-electron chi connectivity index (χ1n) is 6.63. The molecule has 0 aliphatic carbocycles. The molecule has 0 bridgehead atoms. The SMILES string of the molecule is Cc1c(C(=O)N(C)C(C)CN)cnn1-c1ccccc1. The summed E-state index contributed by atoms with van der Waals surface area (Å²) in [6, 6.07) is 9.76. The van der Waals surface area contributed by atoms with Crippen LogP contribution in [0.3, 0.4) is 0 Å². The van der Waals surface area contributed by atoms with Gasteiger partial charge in [-0.3, -0.25) is 4.79 Å². The minimum Gasteiger partial charge on any atom is -0.338 e. The summed E-state index contributed by atoms with van der Waals surface area (Å²) >= 11 is 0. The summed E-state index contributed by atoms with van der Waals surface area (Å²) in [4.78, 5) is 14.1. The molecule has 0 spiro atoms. The Hall–Kier alpha value is -2.14. The van der Waals surface area contributed by atoms with E-state index in [4.69, 9.17) is 5.73 Å². The lowest BCUT2D eigenvalue weighted by Gasteiger charge is -2.23. The lowest BCUT2D eigenvalue weighted by Crippen LogP contribution is -2.39. The minimum absolute atomic E-state index is 0.00183. The number of hydrogen-bond acceptors (Lipinski definition) is 3. The third-order valence-electron chi connectivity index (χ3n) is 3.56. The predicted octanol–water partition coefficient (Wildman–Crippen LogP) is 1.60. The fraction of sp³-hybridized carbons (Fsp3) is 0.333. The van der Waals surface area contributed by atoms with E-state index in [9.17, 15) is 4.79 Å². The average Bonchev–Trinajstić information content (AvgIpc) is 2.87. The van der Waals surface area contributed by atoms with Gasteiger partial charge in [-0.1, -0.05) is 18.2 Å². The lowest BCUT2D eigenvalue weighted by atomic mass is 10.2. The molecule has 0 aliphatic rings. The standard InChI is InChI=1S/C15H20N4O/c1-11(9-16)18(3)15(20)14-10-17-19(12(14)2)13-7-5-4-6-8-13/h4-8,10-11H,9,16H2,1-3H3. The molecule has 2 aromatic rings. The predicted molar refractivity (Wildman–Crippen MR) is 78.9 cm³/mol. The van der Waals surface area contributed by atoms with Gasteiger partial charge in [0.2, 0.25) is 0 Å². The van der Waals surface area contributed by atoms with Gasteiger partial charge in [0.15, 0.2) is 0 Å². The van der Waals surface area contributed by atoms with Gasteiger partial charge in [-0.05, 0) is 26.0 Å². The molecule has 0 saturated carbocycles. The van der Waals surface area contributed by atoms with Crippen LogP contribution < -0.4 is 5.73 Å². The van der Waals surface area contributed by atoms with Crippen molar-refractivity contribution in [2.75, 3.05) is 13.6 Å². The van der Waals surface area contributed by atoms with Gasteiger partial charge < -0.3 is 10.6 Å². The highest BCUT2D eigenvalue weighted by Gasteiger charge is 2.21. The van der Waals surface area contributed by atoms with Crippen LogP contribution >= 0.6 is 0 Å². The monoisotopic (exact) mass is 272 g/mol. The number of carbonyl (C=O) groups excluding carboxylic acids is 1. The smallest absolute Gasteiger partial charge is 0.257 e. The summed E-state index contributed by atoms with van der Waals surface area (Å²) in [5.74, 6) is -0.0531. The number of likely N-dealkylation sites (N-methyl/N-ethyl adjacent to an activating group) is 1. The third kappa shape index (κ3) is 2.58. The summed E-state index contributed by atoms with van der Waals surface area (Å²) in [6.07, 6.45) is 1.62. The van der Waals surface area contributed by atoms with E-state index in [2.05, 4.69) is 5.10 Å². The maximum atomic E-state index is 12.4. The number of aromatic nitrogens is 2. The first kappa shape index (κ1) is 14.3. The van der Waals surface area contributed by atoms with E-state index in [0.717, 1.165) is 11.4 Å². The molecule has 1 aromatic carbocycles. The molecule has 0 fully saturated rings. The van der Waals surface area contributed by atoms with Gasteiger partial charge in [-0.25, -0.2) is 4.68 Å². The number of nitrogens with two attached hydrogens (primary N) is 1. The van der Waals surface area contributed by atoms with Crippen LogP contribution in [0.4, 0.5) is 0 Å². The Balaban J connectivity index is 2.32. The zero-order chi connectivity index (χ0) is 14.7. The molecule has 0 aliphatic heterocycles. The summed E-state index contributed by atoms with van der Waals surface area (Å²) in [5, 5.41) is 4.31. The molecule has 2 N–H and O–H groups in total. The van der Waals surface area contributed by atoms with Crippen molar-refractivity contribution in [3.63, 3.8) is 0 Å². The van der Waals surface area contributed by atoms with Gasteiger partial charge in [0.1, 0.15) is 0 Å². The molecule has 106 valence electrons. The minimum atomic E-state index is -0.0531. The molecule has 2 rings (SSSR count). The zero-order valence-corrected chi connectivity index (χ0v) is 12.1. The van der Waals surface area contributed by atoms with E-state index in [1.165, 1.54) is 0 Å². The number of rotatable bonds is 4.